The molecule has 3 heteroatoms. The molecule has 0 amide bonds. The summed E-state index contributed by atoms with van der Waals surface area (Å²) in [5.41, 5.74) is 7.09. The Hall–Kier alpha value is -0.860. The lowest BCUT2D eigenvalue weighted by Crippen LogP contribution is -2.11. The molecule has 0 bridgehead atoms. The van der Waals surface area contributed by atoms with E-state index >= 15 is 0 Å². The minimum atomic E-state index is -0.400. The summed E-state index contributed by atoms with van der Waals surface area (Å²) in [5.74, 6) is -0.337. The lowest BCUT2D eigenvalue weighted by Gasteiger charge is -2.13. The molecule has 2 N–H and O–H groups in total. The average molecular weight is 200 g/mol. The van der Waals surface area contributed by atoms with Gasteiger partial charge in [-0.1, -0.05) is 23.8 Å². The Balaban J connectivity index is 3.12. The Kier molecular flexibility index (Phi) is 3.07. The van der Waals surface area contributed by atoms with Crippen molar-refractivity contribution in [2.75, 3.05) is 0 Å². The summed E-state index contributed by atoms with van der Waals surface area (Å²) in [7, 11) is 0. The summed E-state index contributed by atoms with van der Waals surface area (Å²) in [4.78, 5) is 0. The SMILES string of the molecule is C=C(C)C(N)c1cc(F)ccc1Cl. The average Bonchev–Trinajstić information content (AvgIpc) is 2.08. The van der Waals surface area contributed by atoms with Gasteiger partial charge in [-0.3, -0.25) is 0 Å². The van der Waals surface area contributed by atoms with Crippen LogP contribution in [-0.4, -0.2) is 0 Å². The Morgan fingerprint density at radius 2 is 2.23 bits per heavy atom. The molecule has 1 atom stereocenters. The molecule has 0 radical (unpaired) electrons. The van der Waals surface area contributed by atoms with E-state index in [1.165, 1.54) is 18.2 Å². The van der Waals surface area contributed by atoms with E-state index in [0.717, 1.165) is 5.57 Å². The van der Waals surface area contributed by atoms with E-state index in [4.69, 9.17) is 17.3 Å². The maximum atomic E-state index is 12.8. The van der Waals surface area contributed by atoms with Gasteiger partial charge in [-0.25, -0.2) is 4.39 Å². The molecule has 0 spiro atoms. The Labute approximate surface area is 82.0 Å². The van der Waals surface area contributed by atoms with Crippen molar-refractivity contribution >= 4 is 11.6 Å². The minimum absolute atomic E-state index is 0.337. The van der Waals surface area contributed by atoms with Crippen LogP contribution in [0.15, 0.2) is 30.4 Å². The molecule has 1 aromatic carbocycles. The first kappa shape index (κ1) is 10.2. The molecule has 0 saturated carbocycles. The second kappa shape index (κ2) is 3.90. The first-order valence-corrected chi connectivity index (χ1v) is 4.26. The molecule has 0 fully saturated rings. The van der Waals surface area contributed by atoms with Crippen LogP contribution in [0.25, 0.3) is 0 Å². The highest BCUT2D eigenvalue weighted by Gasteiger charge is 2.11. The maximum Gasteiger partial charge on any atom is 0.123 e. The summed E-state index contributed by atoms with van der Waals surface area (Å²) in [6.07, 6.45) is 0. The zero-order chi connectivity index (χ0) is 10.0. The first-order valence-electron chi connectivity index (χ1n) is 3.88. The third-order valence-electron chi connectivity index (χ3n) is 1.82. The molecule has 13 heavy (non-hydrogen) atoms. The Bertz CT molecular complexity index is 336. The lowest BCUT2D eigenvalue weighted by atomic mass is 10.0. The van der Waals surface area contributed by atoms with E-state index in [-0.39, 0.29) is 5.82 Å². The second-order valence-corrected chi connectivity index (χ2v) is 3.40. The van der Waals surface area contributed by atoms with Crippen molar-refractivity contribution in [1.82, 2.24) is 0 Å². The van der Waals surface area contributed by atoms with Gasteiger partial charge < -0.3 is 5.73 Å². The summed E-state index contributed by atoms with van der Waals surface area (Å²) in [6.45, 7) is 5.48. The first-order chi connectivity index (χ1) is 6.02. The molecule has 0 heterocycles. The van der Waals surface area contributed by atoms with Crippen molar-refractivity contribution in [1.29, 1.82) is 0 Å². The molecule has 1 rings (SSSR count). The van der Waals surface area contributed by atoms with E-state index in [2.05, 4.69) is 6.58 Å². The molecule has 0 saturated heterocycles. The van der Waals surface area contributed by atoms with Gasteiger partial charge in [0.1, 0.15) is 5.82 Å². The Morgan fingerprint density at radius 1 is 1.62 bits per heavy atom. The zero-order valence-corrected chi connectivity index (χ0v) is 8.11. The third kappa shape index (κ3) is 2.29. The Morgan fingerprint density at radius 3 is 2.77 bits per heavy atom. The molecule has 0 aromatic heterocycles. The van der Waals surface area contributed by atoms with Crippen LogP contribution in [0.1, 0.15) is 18.5 Å². The van der Waals surface area contributed by atoms with E-state index < -0.39 is 6.04 Å². The largest absolute Gasteiger partial charge is 0.321 e. The highest BCUT2D eigenvalue weighted by Crippen LogP contribution is 2.25. The molecule has 1 unspecified atom stereocenters. The normalized spacial score (nSPS) is 12.6. The summed E-state index contributed by atoms with van der Waals surface area (Å²) >= 11 is 5.85. The number of rotatable bonds is 2. The maximum absolute atomic E-state index is 12.8. The number of nitrogens with two attached hydrogens (primary N) is 1. The van der Waals surface area contributed by atoms with Crippen LogP contribution < -0.4 is 5.73 Å². The number of benzene rings is 1. The lowest BCUT2D eigenvalue weighted by molar-refractivity contribution is 0.623. The van der Waals surface area contributed by atoms with Crippen molar-refractivity contribution < 1.29 is 4.39 Å². The molecule has 1 aromatic rings. The highest BCUT2D eigenvalue weighted by atomic mass is 35.5. The molecule has 0 aliphatic rings. The van der Waals surface area contributed by atoms with Gasteiger partial charge in [-0.15, -0.1) is 0 Å². The van der Waals surface area contributed by atoms with Crippen molar-refractivity contribution in [2.45, 2.75) is 13.0 Å². The fraction of sp³-hybridized carbons (Fsp3) is 0.200. The second-order valence-electron chi connectivity index (χ2n) is 2.99. The fourth-order valence-corrected chi connectivity index (χ4v) is 1.25. The monoisotopic (exact) mass is 199 g/mol. The minimum Gasteiger partial charge on any atom is -0.321 e. The smallest absolute Gasteiger partial charge is 0.123 e. The van der Waals surface area contributed by atoms with Gasteiger partial charge in [-0.05, 0) is 30.7 Å². The van der Waals surface area contributed by atoms with E-state index in [1.807, 2.05) is 0 Å². The predicted molar refractivity (Wildman–Crippen MR) is 53.2 cm³/mol. The summed E-state index contributed by atoms with van der Waals surface area (Å²) < 4.78 is 12.8. The molecular formula is C10H11ClFN. The van der Waals surface area contributed by atoms with Crippen molar-refractivity contribution in [2.24, 2.45) is 5.73 Å². The third-order valence-corrected chi connectivity index (χ3v) is 2.17. The van der Waals surface area contributed by atoms with Crippen LogP contribution in [0.4, 0.5) is 4.39 Å². The molecule has 70 valence electrons. The van der Waals surface area contributed by atoms with Crippen molar-refractivity contribution in [3.05, 3.63) is 46.8 Å². The van der Waals surface area contributed by atoms with Crippen LogP contribution in [0.3, 0.4) is 0 Å². The number of hydrogen-bond acceptors (Lipinski definition) is 1. The van der Waals surface area contributed by atoms with Gasteiger partial charge in [0.15, 0.2) is 0 Å². The zero-order valence-electron chi connectivity index (χ0n) is 7.35. The van der Waals surface area contributed by atoms with E-state index in [1.54, 1.807) is 6.92 Å². The molecule has 1 nitrogen and oxygen atoms in total. The van der Waals surface area contributed by atoms with Gasteiger partial charge >= 0.3 is 0 Å². The van der Waals surface area contributed by atoms with Crippen LogP contribution in [0, 0.1) is 5.82 Å². The summed E-state index contributed by atoms with van der Waals surface area (Å²) in [6, 6.07) is 3.73. The fourth-order valence-electron chi connectivity index (χ4n) is 1.02. The molecule has 0 aliphatic carbocycles. The molecule has 0 aliphatic heterocycles. The van der Waals surface area contributed by atoms with E-state index in [0.29, 0.717) is 10.6 Å². The van der Waals surface area contributed by atoms with Gasteiger partial charge in [0, 0.05) is 5.02 Å². The number of halogens is 2. The quantitative estimate of drug-likeness (QED) is 0.728. The standard InChI is InChI=1S/C10H11ClFN/c1-6(2)10(13)8-5-7(12)3-4-9(8)11/h3-5,10H,1,13H2,2H3. The summed E-state index contributed by atoms with van der Waals surface area (Å²) in [5, 5.41) is 0.469. The van der Waals surface area contributed by atoms with E-state index in [9.17, 15) is 4.39 Å². The predicted octanol–water partition coefficient (Wildman–Crippen LogP) is 3.06. The van der Waals surface area contributed by atoms with Crippen LogP contribution in [-0.2, 0) is 0 Å². The van der Waals surface area contributed by atoms with Gasteiger partial charge in [0.2, 0.25) is 0 Å². The van der Waals surface area contributed by atoms with Gasteiger partial charge in [0.25, 0.3) is 0 Å². The van der Waals surface area contributed by atoms with Crippen LogP contribution in [0.5, 0.6) is 0 Å². The topological polar surface area (TPSA) is 26.0 Å². The van der Waals surface area contributed by atoms with Crippen molar-refractivity contribution in [3.63, 3.8) is 0 Å². The highest BCUT2D eigenvalue weighted by molar-refractivity contribution is 6.31. The van der Waals surface area contributed by atoms with Crippen LogP contribution >= 0.6 is 11.6 Å². The van der Waals surface area contributed by atoms with Gasteiger partial charge in [0.05, 0.1) is 6.04 Å². The van der Waals surface area contributed by atoms with Crippen molar-refractivity contribution in [3.8, 4) is 0 Å². The van der Waals surface area contributed by atoms with Gasteiger partial charge in [-0.2, -0.15) is 0 Å². The van der Waals surface area contributed by atoms with Crippen LogP contribution in [0.2, 0.25) is 5.02 Å². The molecular weight excluding hydrogens is 189 g/mol. The number of hydrogen-bond donors (Lipinski definition) is 1.